The normalized spacial score (nSPS) is 20.4. The maximum atomic E-state index is 13.3. The standard InChI is InChI=1S/C22H20N4O4/c1-29-16-10-8-15(9-11-16)19-23-18(30-25-19)13-26-20(27)22(24-21(26)28)12-4-6-14-5-2-3-7-17(14)22/h2-3,5,7-11H,4,6,12-13H2,1H3,(H,24,28)/t22-/m0/s1. The lowest BCUT2D eigenvalue weighted by molar-refractivity contribution is -0.132. The Hall–Kier alpha value is -3.68. The first-order valence-corrected chi connectivity index (χ1v) is 9.80. The van der Waals surface area contributed by atoms with E-state index in [2.05, 4.69) is 15.5 Å². The van der Waals surface area contributed by atoms with Gasteiger partial charge in [-0.3, -0.25) is 9.69 Å². The van der Waals surface area contributed by atoms with Crippen molar-refractivity contribution in [3.8, 4) is 17.1 Å². The molecule has 1 aliphatic heterocycles. The van der Waals surface area contributed by atoms with Crippen LogP contribution in [0.25, 0.3) is 11.4 Å². The summed E-state index contributed by atoms with van der Waals surface area (Å²) in [5.41, 5.74) is 1.71. The Kier molecular flexibility index (Phi) is 4.27. The van der Waals surface area contributed by atoms with Gasteiger partial charge in [-0.25, -0.2) is 4.79 Å². The van der Waals surface area contributed by atoms with Gasteiger partial charge in [-0.1, -0.05) is 29.4 Å². The molecule has 30 heavy (non-hydrogen) atoms. The summed E-state index contributed by atoms with van der Waals surface area (Å²) < 4.78 is 10.5. The Bertz CT molecular complexity index is 1120. The van der Waals surface area contributed by atoms with Crippen LogP contribution in [-0.4, -0.2) is 34.1 Å². The fourth-order valence-corrected chi connectivity index (χ4v) is 4.27. The Balaban J connectivity index is 1.40. The van der Waals surface area contributed by atoms with Gasteiger partial charge >= 0.3 is 6.03 Å². The van der Waals surface area contributed by atoms with Crippen LogP contribution in [0.15, 0.2) is 53.1 Å². The number of carbonyl (C=O) groups excluding carboxylic acids is 2. The first kappa shape index (κ1) is 18.4. The van der Waals surface area contributed by atoms with Gasteiger partial charge in [-0.05, 0) is 54.7 Å². The van der Waals surface area contributed by atoms with Gasteiger partial charge in [0, 0.05) is 5.56 Å². The summed E-state index contributed by atoms with van der Waals surface area (Å²) in [6.45, 7) is -0.0717. The van der Waals surface area contributed by atoms with Gasteiger partial charge in [0.05, 0.1) is 7.11 Å². The number of hydrogen-bond acceptors (Lipinski definition) is 6. The summed E-state index contributed by atoms with van der Waals surface area (Å²) in [4.78, 5) is 31.6. The molecule has 1 fully saturated rings. The number of aryl methyl sites for hydroxylation is 1. The fraction of sp³-hybridized carbons (Fsp3) is 0.273. The lowest BCUT2D eigenvalue weighted by atomic mass is 9.76. The molecule has 1 N–H and O–H groups in total. The van der Waals surface area contributed by atoms with E-state index in [-0.39, 0.29) is 18.3 Å². The number of aromatic nitrogens is 2. The minimum Gasteiger partial charge on any atom is -0.497 e. The average molecular weight is 404 g/mol. The number of nitrogens with one attached hydrogen (secondary N) is 1. The van der Waals surface area contributed by atoms with Crippen LogP contribution in [0.3, 0.4) is 0 Å². The van der Waals surface area contributed by atoms with Crippen molar-refractivity contribution in [2.45, 2.75) is 31.3 Å². The van der Waals surface area contributed by atoms with Crippen molar-refractivity contribution in [1.29, 1.82) is 0 Å². The molecule has 1 aromatic heterocycles. The molecule has 5 rings (SSSR count). The minimum atomic E-state index is -1.01. The largest absolute Gasteiger partial charge is 0.497 e. The van der Waals surface area contributed by atoms with E-state index >= 15 is 0 Å². The highest BCUT2D eigenvalue weighted by Gasteiger charge is 2.54. The summed E-state index contributed by atoms with van der Waals surface area (Å²) in [5.74, 6) is 1.03. The first-order valence-electron chi connectivity index (χ1n) is 9.80. The smallest absolute Gasteiger partial charge is 0.325 e. The summed E-state index contributed by atoms with van der Waals surface area (Å²) in [6.07, 6.45) is 2.31. The zero-order valence-corrected chi connectivity index (χ0v) is 16.4. The maximum absolute atomic E-state index is 13.3. The van der Waals surface area contributed by atoms with Crippen molar-refractivity contribution in [2.24, 2.45) is 0 Å². The third kappa shape index (κ3) is 2.83. The van der Waals surface area contributed by atoms with Gasteiger partial charge in [-0.15, -0.1) is 0 Å². The number of methoxy groups -OCH3 is 1. The molecule has 0 bridgehead atoms. The Morgan fingerprint density at radius 2 is 1.97 bits per heavy atom. The van der Waals surface area contributed by atoms with E-state index in [4.69, 9.17) is 9.26 Å². The number of benzene rings is 2. The van der Waals surface area contributed by atoms with E-state index in [0.717, 1.165) is 40.2 Å². The van der Waals surface area contributed by atoms with Crippen LogP contribution in [0.1, 0.15) is 29.9 Å². The molecule has 3 amide bonds. The monoisotopic (exact) mass is 404 g/mol. The SMILES string of the molecule is COc1ccc(-c2noc(CN3C(=O)N[C@]4(CCCc5ccccc54)C3=O)n2)cc1. The van der Waals surface area contributed by atoms with E-state index in [1.165, 1.54) is 0 Å². The zero-order chi connectivity index (χ0) is 20.7. The zero-order valence-electron chi connectivity index (χ0n) is 16.4. The predicted octanol–water partition coefficient (Wildman–Crippen LogP) is 3.03. The molecule has 1 aliphatic carbocycles. The molecule has 2 aliphatic rings. The van der Waals surface area contributed by atoms with Gasteiger partial charge in [0.1, 0.15) is 17.8 Å². The fourth-order valence-electron chi connectivity index (χ4n) is 4.27. The summed E-state index contributed by atoms with van der Waals surface area (Å²) in [7, 11) is 1.59. The molecule has 0 unspecified atom stereocenters. The molecular formula is C22H20N4O4. The first-order chi connectivity index (χ1) is 14.6. The number of rotatable bonds is 4. The van der Waals surface area contributed by atoms with Crippen molar-refractivity contribution < 1.29 is 18.8 Å². The Morgan fingerprint density at radius 1 is 1.17 bits per heavy atom. The topological polar surface area (TPSA) is 97.6 Å². The summed E-state index contributed by atoms with van der Waals surface area (Å²) in [6, 6.07) is 14.6. The van der Waals surface area contributed by atoms with Crippen molar-refractivity contribution >= 4 is 11.9 Å². The highest BCUT2D eigenvalue weighted by molar-refractivity contribution is 6.07. The highest BCUT2D eigenvalue weighted by atomic mass is 16.5. The average Bonchev–Trinajstić information content (AvgIpc) is 3.34. The number of urea groups is 1. The van der Waals surface area contributed by atoms with Gasteiger partial charge in [0.15, 0.2) is 0 Å². The van der Waals surface area contributed by atoms with E-state index in [1.807, 2.05) is 36.4 Å². The maximum Gasteiger partial charge on any atom is 0.325 e. The van der Waals surface area contributed by atoms with E-state index in [0.29, 0.717) is 12.2 Å². The van der Waals surface area contributed by atoms with Gasteiger partial charge in [0.25, 0.3) is 5.91 Å². The summed E-state index contributed by atoms with van der Waals surface area (Å²) >= 11 is 0. The molecular weight excluding hydrogens is 384 g/mol. The van der Waals surface area contributed by atoms with Crippen molar-refractivity contribution in [3.63, 3.8) is 0 Å². The lowest BCUT2D eigenvalue weighted by Crippen LogP contribution is -2.46. The van der Waals surface area contributed by atoms with Crippen LogP contribution < -0.4 is 10.1 Å². The number of hydrogen-bond donors (Lipinski definition) is 1. The molecule has 1 atom stereocenters. The molecule has 8 nitrogen and oxygen atoms in total. The van der Waals surface area contributed by atoms with Gasteiger partial charge < -0.3 is 14.6 Å². The van der Waals surface area contributed by atoms with E-state index in [1.54, 1.807) is 19.2 Å². The van der Waals surface area contributed by atoms with Crippen LogP contribution in [0.2, 0.25) is 0 Å². The van der Waals surface area contributed by atoms with Crippen molar-refractivity contribution in [1.82, 2.24) is 20.4 Å². The molecule has 152 valence electrons. The third-order valence-corrected chi connectivity index (χ3v) is 5.76. The van der Waals surface area contributed by atoms with Crippen molar-refractivity contribution in [2.75, 3.05) is 7.11 Å². The van der Waals surface area contributed by atoms with E-state index < -0.39 is 11.6 Å². The molecule has 0 saturated carbocycles. The third-order valence-electron chi connectivity index (χ3n) is 5.76. The van der Waals surface area contributed by atoms with Crippen LogP contribution in [0.4, 0.5) is 4.79 Å². The Morgan fingerprint density at radius 3 is 2.77 bits per heavy atom. The number of carbonyl (C=O) groups is 2. The number of imide groups is 1. The van der Waals surface area contributed by atoms with Crippen LogP contribution >= 0.6 is 0 Å². The van der Waals surface area contributed by atoms with Gasteiger partial charge in [0.2, 0.25) is 11.7 Å². The Labute approximate surface area is 172 Å². The molecule has 1 spiro atoms. The quantitative estimate of drug-likeness (QED) is 0.672. The highest BCUT2D eigenvalue weighted by Crippen LogP contribution is 2.40. The summed E-state index contributed by atoms with van der Waals surface area (Å²) in [5, 5.41) is 6.91. The number of amides is 3. The molecule has 2 heterocycles. The van der Waals surface area contributed by atoms with Gasteiger partial charge in [-0.2, -0.15) is 4.98 Å². The molecule has 3 aromatic rings. The number of nitrogens with zero attached hydrogens (tertiary/aromatic N) is 3. The molecule has 1 saturated heterocycles. The van der Waals surface area contributed by atoms with Crippen LogP contribution in [0, 0.1) is 0 Å². The second-order valence-corrected chi connectivity index (χ2v) is 7.48. The molecule has 2 aromatic carbocycles. The lowest BCUT2D eigenvalue weighted by Gasteiger charge is -2.33. The number of fused-ring (bicyclic) bond motifs is 2. The van der Waals surface area contributed by atoms with Crippen LogP contribution in [0.5, 0.6) is 5.75 Å². The second-order valence-electron chi connectivity index (χ2n) is 7.48. The second kappa shape index (κ2) is 6.98. The number of ether oxygens (including phenoxy) is 1. The van der Waals surface area contributed by atoms with Crippen LogP contribution in [-0.2, 0) is 23.3 Å². The minimum absolute atomic E-state index is 0.0717. The van der Waals surface area contributed by atoms with Crippen molar-refractivity contribution in [3.05, 3.63) is 65.5 Å². The predicted molar refractivity (Wildman–Crippen MR) is 106 cm³/mol. The molecule has 0 radical (unpaired) electrons. The van der Waals surface area contributed by atoms with E-state index in [9.17, 15) is 9.59 Å². The molecule has 8 heteroatoms.